The first-order chi connectivity index (χ1) is 8.38. The third-order valence-corrected chi connectivity index (χ3v) is 3.08. The van der Waals surface area contributed by atoms with E-state index >= 15 is 0 Å². The molecule has 1 amide bonds. The molecule has 0 saturated carbocycles. The fraction of sp³-hybridized carbons (Fsp3) is 0.286. The molecule has 0 atom stereocenters. The lowest BCUT2D eigenvalue weighted by Gasteiger charge is -2.20. The molecule has 4 heteroatoms. The molecule has 0 saturated heterocycles. The van der Waals surface area contributed by atoms with E-state index < -0.39 is 0 Å². The van der Waals surface area contributed by atoms with Gasteiger partial charge in [0.25, 0.3) is 5.91 Å². The van der Waals surface area contributed by atoms with E-state index in [1.807, 2.05) is 45.0 Å². The van der Waals surface area contributed by atoms with Crippen LogP contribution in [0.1, 0.15) is 31.3 Å². The zero-order valence-electron chi connectivity index (χ0n) is 10.6. The molecule has 1 heterocycles. The number of aromatic nitrogens is 1. The quantitative estimate of drug-likeness (QED) is 0.876. The van der Waals surface area contributed by atoms with Gasteiger partial charge in [-0.2, -0.15) is 0 Å². The molecule has 0 aliphatic rings. The number of nitrogens with one attached hydrogen (secondary N) is 1. The van der Waals surface area contributed by atoms with Gasteiger partial charge in [0.15, 0.2) is 0 Å². The number of benzene rings is 1. The second-order valence-electron chi connectivity index (χ2n) is 5.20. The average molecular weight is 307 g/mol. The number of carbonyl (C=O) groups excluding carboxylic acids is 1. The zero-order valence-corrected chi connectivity index (χ0v) is 12.2. The minimum Gasteiger partial charge on any atom is -0.346 e. The summed E-state index contributed by atoms with van der Waals surface area (Å²) in [5.41, 5.74) is 0.191. The van der Waals surface area contributed by atoms with Crippen LogP contribution in [0.25, 0.3) is 10.8 Å². The van der Waals surface area contributed by atoms with E-state index in [4.69, 9.17) is 0 Å². The molecule has 0 spiro atoms. The van der Waals surface area contributed by atoms with Gasteiger partial charge in [-0.15, -0.1) is 0 Å². The normalized spacial score (nSPS) is 11.6. The van der Waals surface area contributed by atoms with Crippen molar-refractivity contribution in [1.29, 1.82) is 0 Å². The second kappa shape index (κ2) is 4.69. The molecule has 0 bridgehead atoms. The first kappa shape index (κ1) is 13.0. The molecule has 3 nitrogen and oxygen atoms in total. The molecule has 0 aliphatic heterocycles. The van der Waals surface area contributed by atoms with E-state index in [0.717, 1.165) is 15.2 Å². The first-order valence-corrected chi connectivity index (χ1v) is 6.53. The summed E-state index contributed by atoms with van der Waals surface area (Å²) in [7, 11) is 0. The molecule has 18 heavy (non-hydrogen) atoms. The van der Waals surface area contributed by atoms with Crippen molar-refractivity contribution in [2.24, 2.45) is 0 Å². The molecule has 2 rings (SSSR count). The summed E-state index contributed by atoms with van der Waals surface area (Å²) in [6.07, 6.45) is 1.67. The molecule has 0 unspecified atom stereocenters. The maximum Gasteiger partial charge on any atom is 0.270 e. The van der Waals surface area contributed by atoms with Crippen molar-refractivity contribution in [3.63, 3.8) is 0 Å². The predicted molar refractivity (Wildman–Crippen MR) is 76.7 cm³/mol. The van der Waals surface area contributed by atoms with Crippen molar-refractivity contribution in [1.82, 2.24) is 10.3 Å². The standard InChI is InChI=1S/C14H15BrN2O/c1-14(2,3)17-13(18)12-10-7-5-4-6-9(10)11(15)8-16-12/h4-8H,1-3H3,(H,17,18). The van der Waals surface area contributed by atoms with Gasteiger partial charge in [-0.25, -0.2) is 4.98 Å². The molecular weight excluding hydrogens is 292 g/mol. The number of hydrogen-bond donors (Lipinski definition) is 1. The smallest absolute Gasteiger partial charge is 0.270 e. The van der Waals surface area contributed by atoms with E-state index in [-0.39, 0.29) is 11.4 Å². The SMILES string of the molecule is CC(C)(C)NC(=O)c1ncc(Br)c2ccccc12. The summed E-state index contributed by atoms with van der Waals surface area (Å²) < 4.78 is 0.894. The van der Waals surface area contributed by atoms with E-state index in [1.54, 1.807) is 6.20 Å². The molecule has 1 aromatic heterocycles. The van der Waals surface area contributed by atoms with Gasteiger partial charge < -0.3 is 5.32 Å². The Hall–Kier alpha value is -1.42. The van der Waals surface area contributed by atoms with Gasteiger partial charge in [0.2, 0.25) is 0 Å². The lowest BCUT2D eigenvalue weighted by atomic mass is 10.1. The van der Waals surface area contributed by atoms with Crippen LogP contribution < -0.4 is 5.32 Å². The molecule has 94 valence electrons. The van der Waals surface area contributed by atoms with E-state index in [0.29, 0.717) is 5.69 Å². The Kier molecular flexibility index (Phi) is 3.39. The van der Waals surface area contributed by atoms with Crippen LogP contribution in [0.5, 0.6) is 0 Å². The number of halogens is 1. The van der Waals surface area contributed by atoms with E-state index in [2.05, 4.69) is 26.2 Å². The van der Waals surface area contributed by atoms with Gasteiger partial charge in [-0.05, 0) is 42.1 Å². The molecule has 2 aromatic rings. The summed E-state index contributed by atoms with van der Waals surface area (Å²) in [4.78, 5) is 16.4. The van der Waals surface area contributed by atoms with Gasteiger partial charge in [0, 0.05) is 21.6 Å². The Morgan fingerprint density at radius 2 is 1.83 bits per heavy atom. The molecule has 0 aliphatic carbocycles. The number of carbonyl (C=O) groups is 1. The van der Waals surface area contributed by atoms with Crippen molar-refractivity contribution in [2.75, 3.05) is 0 Å². The summed E-state index contributed by atoms with van der Waals surface area (Å²) in [5.74, 6) is -0.147. The topological polar surface area (TPSA) is 42.0 Å². The monoisotopic (exact) mass is 306 g/mol. The maximum atomic E-state index is 12.2. The van der Waals surface area contributed by atoms with Crippen molar-refractivity contribution in [3.8, 4) is 0 Å². The Balaban J connectivity index is 2.52. The Morgan fingerprint density at radius 1 is 1.22 bits per heavy atom. The molecule has 0 fully saturated rings. The number of hydrogen-bond acceptors (Lipinski definition) is 2. The van der Waals surface area contributed by atoms with Crippen molar-refractivity contribution < 1.29 is 4.79 Å². The zero-order chi connectivity index (χ0) is 13.3. The van der Waals surface area contributed by atoms with Crippen LogP contribution in [0.4, 0.5) is 0 Å². The average Bonchev–Trinajstić information content (AvgIpc) is 2.27. The number of nitrogens with zero attached hydrogens (tertiary/aromatic N) is 1. The Labute approximate surface area is 115 Å². The van der Waals surface area contributed by atoms with Gasteiger partial charge in [-0.3, -0.25) is 4.79 Å². The van der Waals surface area contributed by atoms with Crippen LogP contribution >= 0.6 is 15.9 Å². The highest BCUT2D eigenvalue weighted by Crippen LogP contribution is 2.25. The van der Waals surface area contributed by atoms with Crippen LogP contribution in [0, 0.1) is 0 Å². The minimum atomic E-state index is -0.271. The van der Waals surface area contributed by atoms with Crippen LogP contribution in [-0.4, -0.2) is 16.4 Å². The molecular formula is C14H15BrN2O. The number of fused-ring (bicyclic) bond motifs is 1. The summed E-state index contributed by atoms with van der Waals surface area (Å²) in [5, 5.41) is 4.78. The molecule has 1 N–H and O–H groups in total. The lowest BCUT2D eigenvalue weighted by Crippen LogP contribution is -2.41. The third kappa shape index (κ3) is 2.70. The first-order valence-electron chi connectivity index (χ1n) is 5.74. The van der Waals surface area contributed by atoms with Gasteiger partial charge >= 0.3 is 0 Å². The van der Waals surface area contributed by atoms with Crippen LogP contribution in [-0.2, 0) is 0 Å². The maximum absolute atomic E-state index is 12.2. The fourth-order valence-electron chi connectivity index (χ4n) is 1.74. The van der Waals surface area contributed by atoms with Gasteiger partial charge in [0.05, 0.1) is 0 Å². The summed E-state index contributed by atoms with van der Waals surface area (Å²) in [6, 6.07) is 7.72. The number of pyridine rings is 1. The highest BCUT2D eigenvalue weighted by atomic mass is 79.9. The molecule has 0 radical (unpaired) electrons. The predicted octanol–water partition coefficient (Wildman–Crippen LogP) is 3.53. The van der Waals surface area contributed by atoms with Crippen molar-refractivity contribution in [3.05, 3.63) is 40.6 Å². The summed E-state index contributed by atoms with van der Waals surface area (Å²) in [6.45, 7) is 5.85. The van der Waals surface area contributed by atoms with E-state index in [1.165, 1.54) is 0 Å². The van der Waals surface area contributed by atoms with Crippen molar-refractivity contribution in [2.45, 2.75) is 26.3 Å². The van der Waals surface area contributed by atoms with Gasteiger partial charge in [0.1, 0.15) is 5.69 Å². The fourth-order valence-corrected chi connectivity index (χ4v) is 2.19. The van der Waals surface area contributed by atoms with Crippen LogP contribution in [0.15, 0.2) is 34.9 Å². The highest BCUT2D eigenvalue weighted by Gasteiger charge is 2.18. The Morgan fingerprint density at radius 3 is 2.44 bits per heavy atom. The van der Waals surface area contributed by atoms with Crippen LogP contribution in [0.3, 0.4) is 0 Å². The summed E-state index contributed by atoms with van der Waals surface area (Å²) >= 11 is 3.45. The molecule has 1 aromatic carbocycles. The number of amides is 1. The van der Waals surface area contributed by atoms with E-state index in [9.17, 15) is 4.79 Å². The van der Waals surface area contributed by atoms with Gasteiger partial charge in [-0.1, -0.05) is 24.3 Å². The second-order valence-corrected chi connectivity index (χ2v) is 6.06. The lowest BCUT2D eigenvalue weighted by molar-refractivity contribution is 0.0916. The Bertz CT molecular complexity index is 602. The van der Waals surface area contributed by atoms with Crippen molar-refractivity contribution >= 4 is 32.6 Å². The van der Waals surface area contributed by atoms with Crippen LogP contribution in [0.2, 0.25) is 0 Å². The highest BCUT2D eigenvalue weighted by molar-refractivity contribution is 9.10. The minimum absolute atomic E-state index is 0.147. The largest absolute Gasteiger partial charge is 0.346 e. The third-order valence-electron chi connectivity index (χ3n) is 2.45. The number of rotatable bonds is 1.